The molecular formula is C13H20N2O. The minimum atomic E-state index is 0.473. The highest BCUT2D eigenvalue weighted by Gasteiger charge is 2.37. The lowest BCUT2D eigenvalue weighted by Crippen LogP contribution is -2.57. The predicted octanol–water partition coefficient (Wildman–Crippen LogP) is 2.01. The summed E-state index contributed by atoms with van der Waals surface area (Å²) in [4.78, 5) is 6.72. The normalized spacial score (nSPS) is 30.5. The Bertz CT molecular complexity index is 317. The topological polar surface area (TPSA) is 24.8 Å². The smallest absolute Gasteiger partial charge is 0.0731 e. The maximum Gasteiger partial charge on any atom is 0.0731 e. The van der Waals surface area contributed by atoms with Crippen LogP contribution >= 0.6 is 0 Å². The minimum absolute atomic E-state index is 0.473. The molecule has 3 aliphatic rings. The summed E-state index contributed by atoms with van der Waals surface area (Å²) < 4.78 is 5.59. The van der Waals surface area contributed by atoms with Crippen molar-refractivity contribution in [2.45, 2.75) is 32.5 Å². The van der Waals surface area contributed by atoms with Gasteiger partial charge in [0.15, 0.2) is 0 Å². The highest BCUT2D eigenvalue weighted by Crippen LogP contribution is 2.27. The lowest BCUT2D eigenvalue weighted by Gasteiger charge is -2.47. The number of hydrogen-bond donors (Lipinski definition) is 0. The van der Waals surface area contributed by atoms with Gasteiger partial charge in [0.05, 0.1) is 12.2 Å². The molecule has 2 unspecified atom stereocenters. The summed E-state index contributed by atoms with van der Waals surface area (Å²) in [6.45, 7) is 11.0. The average Bonchev–Trinajstić information content (AvgIpc) is 2.25. The van der Waals surface area contributed by atoms with Gasteiger partial charge in [-0.05, 0) is 19.4 Å². The second-order valence-electron chi connectivity index (χ2n) is 4.66. The lowest BCUT2D eigenvalue weighted by atomic mass is 9.98. The van der Waals surface area contributed by atoms with Crippen LogP contribution < -0.4 is 0 Å². The Morgan fingerprint density at radius 1 is 1.50 bits per heavy atom. The summed E-state index contributed by atoms with van der Waals surface area (Å²) in [7, 11) is 0. The molecule has 3 fully saturated rings. The van der Waals surface area contributed by atoms with Crippen molar-refractivity contribution in [3.63, 3.8) is 0 Å². The van der Waals surface area contributed by atoms with E-state index in [0.717, 1.165) is 30.9 Å². The Labute approximate surface area is 97.5 Å². The van der Waals surface area contributed by atoms with Crippen LogP contribution in [-0.4, -0.2) is 43.0 Å². The van der Waals surface area contributed by atoms with E-state index >= 15 is 0 Å². The molecule has 3 nitrogen and oxygen atoms in total. The molecule has 0 spiro atoms. The number of morpholine rings is 1. The number of hydrogen-bond acceptors (Lipinski definition) is 3. The van der Waals surface area contributed by atoms with Gasteiger partial charge in [-0.3, -0.25) is 9.89 Å². The summed E-state index contributed by atoms with van der Waals surface area (Å²) >= 11 is 0. The summed E-state index contributed by atoms with van der Waals surface area (Å²) in [6, 6.07) is 0. The standard InChI is InChI=1S/C13H20N2O/c1-4-11(3)14-6-10(2)7-15-8-12-5-13(9-15)16-12/h4,6,12-13H,2,5,7-9H2,1,3H3/b11-4-,14-6?. The van der Waals surface area contributed by atoms with E-state index in [2.05, 4.69) is 16.5 Å². The third-order valence-electron chi connectivity index (χ3n) is 3.13. The summed E-state index contributed by atoms with van der Waals surface area (Å²) in [5, 5.41) is 0. The first kappa shape index (κ1) is 11.6. The average molecular weight is 220 g/mol. The SMILES string of the molecule is C=C(C=N/C(C)=C\C)CN1CC2CC(C1)O2. The van der Waals surface area contributed by atoms with Gasteiger partial charge in [0.1, 0.15) is 0 Å². The maximum atomic E-state index is 5.59. The first-order valence-electron chi connectivity index (χ1n) is 5.90. The molecule has 16 heavy (non-hydrogen) atoms. The van der Waals surface area contributed by atoms with Gasteiger partial charge < -0.3 is 4.74 Å². The van der Waals surface area contributed by atoms with Crippen LogP contribution in [0.25, 0.3) is 0 Å². The number of ether oxygens (including phenoxy) is 1. The van der Waals surface area contributed by atoms with Crippen molar-refractivity contribution in [3.8, 4) is 0 Å². The van der Waals surface area contributed by atoms with Crippen LogP contribution in [0.1, 0.15) is 20.3 Å². The van der Waals surface area contributed by atoms with Gasteiger partial charge in [-0.1, -0.05) is 12.7 Å². The monoisotopic (exact) mass is 220 g/mol. The van der Waals surface area contributed by atoms with E-state index in [4.69, 9.17) is 4.74 Å². The van der Waals surface area contributed by atoms with E-state index in [9.17, 15) is 0 Å². The number of allylic oxidation sites excluding steroid dienone is 2. The van der Waals surface area contributed by atoms with Crippen LogP contribution in [0, 0.1) is 0 Å². The van der Waals surface area contributed by atoms with E-state index in [-0.39, 0.29) is 0 Å². The van der Waals surface area contributed by atoms with Gasteiger partial charge in [-0.25, -0.2) is 0 Å². The van der Waals surface area contributed by atoms with Crippen LogP contribution in [0.4, 0.5) is 0 Å². The van der Waals surface area contributed by atoms with Crippen LogP contribution in [0.3, 0.4) is 0 Å². The molecule has 0 aliphatic carbocycles. The molecule has 0 aromatic heterocycles. The highest BCUT2D eigenvalue weighted by molar-refractivity contribution is 5.78. The minimum Gasteiger partial charge on any atom is -0.372 e. The number of fused-ring (bicyclic) bond motifs is 2. The number of rotatable bonds is 4. The fourth-order valence-electron chi connectivity index (χ4n) is 2.16. The highest BCUT2D eigenvalue weighted by atomic mass is 16.5. The van der Waals surface area contributed by atoms with E-state index in [1.807, 2.05) is 26.1 Å². The van der Waals surface area contributed by atoms with Crippen molar-refractivity contribution >= 4 is 6.21 Å². The molecule has 3 saturated heterocycles. The van der Waals surface area contributed by atoms with E-state index in [1.165, 1.54) is 6.42 Å². The van der Waals surface area contributed by atoms with Crippen molar-refractivity contribution in [2.24, 2.45) is 4.99 Å². The van der Waals surface area contributed by atoms with Crippen molar-refractivity contribution in [1.82, 2.24) is 4.90 Å². The molecular weight excluding hydrogens is 200 g/mol. The first-order chi connectivity index (χ1) is 7.67. The second kappa shape index (κ2) is 4.93. The van der Waals surface area contributed by atoms with Crippen molar-refractivity contribution in [3.05, 3.63) is 23.9 Å². The van der Waals surface area contributed by atoms with Gasteiger partial charge in [0.2, 0.25) is 0 Å². The number of aliphatic imine (C=N–C) groups is 1. The van der Waals surface area contributed by atoms with Crippen LogP contribution in [0.5, 0.6) is 0 Å². The van der Waals surface area contributed by atoms with Crippen molar-refractivity contribution in [2.75, 3.05) is 19.6 Å². The van der Waals surface area contributed by atoms with Gasteiger partial charge >= 0.3 is 0 Å². The van der Waals surface area contributed by atoms with Crippen LogP contribution in [-0.2, 0) is 4.74 Å². The van der Waals surface area contributed by atoms with E-state index in [1.54, 1.807) is 0 Å². The van der Waals surface area contributed by atoms with Crippen LogP contribution in [0.15, 0.2) is 28.9 Å². The molecule has 0 amide bonds. The zero-order valence-electron chi connectivity index (χ0n) is 10.1. The largest absolute Gasteiger partial charge is 0.372 e. The molecule has 88 valence electrons. The fourth-order valence-corrected chi connectivity index (χ4v) is 2.16. The Morgan fingerprint density at radius 2 is 2.12 bits per heavy atom. The summed E-state index contributed by atoms with van der Waals surface area (Å²) in [5.41, 5.74) is 2.11. The molecule has 3 heteroatoms. The predicted molar refractivity (Wildman–Crippen MR) is 66.8 cm³/mol. The summed E-state index contributed by atoms with van der Waals surface area (Å²) in [6.07, 6.45) is 6.06. The molecule has 2 atom stereocenters. The Balaban J connectivity index is 1.77. The Hall–Kier alpha value is -0.930. The zero-order valence-corrected chi connectivity index (χ0v) is 10.1. The number of piperidine rings is 1. The third kappa shape index (κ3) is 2.80. The first-order valence-corrected chi connectivity index (χ1v) is 5.90. The van der Waals surface area contributed by atoms with Crippen molar-refractivity contribution in [1.29, 1.82) is 0 Å². The van der Waals surface area contributed by atoms with Gasteiger partial charge in [-0.2, -0.15) is 0 Å². The quantitative estimate of drug-likeness (QED) is 0.677. The molecule has 0 N–H and O–H groups in total. The Morgan fingerprint density at radius 3 is 2.69 bits per heavy atom. The van der Waals surface area contributed by atoms with E-state index < -0.39 is 0 Å². The third-order valence-corrected chi connectivity index (χ3v) is 3.13. The molecule has 3 rings (SSSR count). The lowest BCUT2D eigenvalue weighted by molar-refractivity contribution is -0.178. The fraction of sp³-hybridized carbons (Fsp3) is 0.615. The molecule has 2 bridgehead atoms. The molecule has 0 aromatic rings. The summed E-state index contributed by atoms with van der Waals surface area (Å²) in [5.74, 6) is 0. The molecule has 0 saturated carbocycles. The second-order valence-corrected chi connectivity index (χ2v) is 4.66. The molecule has 0 aromatic carbocycles. The molecule has 3 heterocycles. The zero-order chi connectivity index (χ0) is 11.5. The van der Waals surface area contributed by atoms with Gasteiger partial charge in [0.25, 0.3) is 0 Å². The van der Waals surface area contributed by atoms with Gasteiger partial charge in [-0.15, -0.1) is 0 Å². The van der Waals surface area contributed by atoms with Gasteiger partial charge in [0, 0.05) is 38.0 Å². The number of nitrogens with zero attached hydrogens (tertiary/aromatic N) is 2. The van der Waals surface area contributed by atoms with Crippen LogP contribution in [0.2, 0.25) is 0 Å². The molecule has 3 aliphatic heterocycles. The Kier molecular flexibility index (Phi) is 3.56. The van der Waals surface area contributed by atoms with Crippen molar-refractivity contribution < 1.29 is 4.74 Å². The maximum absolute atomic E-state index is 5.59. The molecule has 0 radical (unpaired) electrons. The van der Waals surface area contributed by atoms with E-state index in [0.29, 0.717) is 12.2 Å².